The molecule has 0 aliphatic rings. The van der Waals surface area contributed by atoms with Crippen molar-refractivity contribution in [3.63, 3.8) is 0 Å². The zero-order valence-corrected chi connectivity index (χ0v) is 14.5. The number of rotatable bonds is 5. The van der Waals surface area contributed by atoms with Gasteiger partial charge in [-0.15, -0.1) is 0 Å². The number of hydrogen-bond acceptors (Lipinski definition) is 2. The highest BCUT2D eigenvalue weighted by molar-refractivity contribution is 9.12. The first kappa shape index (κ1) is 15.4. The van der Waals surface area contributed by atoms with Gasteiger partial charge in [0.05, 0.1) is 23.9 Å². The normalized spacial score (nSPS) is 13.6. The van der Waals surface area contributed by atoms with E-state index in [-0.39, 0.29) is 9.65 Å². The molecule has 0 radical (unpaired) electrons. The summed E-state index contributed by atoms with van der Waals surface area (Å²) < 4.78 is 10.4. The first-order valence-corrected chi connectivity index (χ1v) is 8.05. The van der Waals surface area contributed by atoms with Crippen LogP contribution in [0.15, 0.2) is 48.5 Å². The third-order valence-corrected chi connectivity index (χ3v) is 5.95. The number of alkyl halides is 2. The Balaban J connectivity index is 2.15. The molecule has 0 aliphatic carbocycles. The molecular weight excluding hydrogens is 384 g/mol. The van der Waals surface area contributed by atoms with Crippen LogP contribution in [0.4, 0.5) is 0 Å². The molecule has 2 atom stereocenters. The van der Waals surface area contributed by atoms with Crippen molar-refractivity contribution in [3.8, 4) is 11.5 Å². The lowest BCUT2D eigenvalue weighted by Crippen LogP contribution is -1.99. The van der Waals surface area contributed by atoms with Gasteiger partial charge in [0.25, 0.3) is 0 Å². The molecular formula is C16H16Br2O2. The lowest BCUT2D eigenvalue weighted by molar-refractivity contribution is 0.414. The maximum absolute atomic E-state index is 5.18. The Morgan fingerprint density at radius 2 is 0.950 bits per heavy atom. The van der Waals surface area contributed by atoms with Crippen LogP contribution in [0.25, 0.3) is 0 Å². The van der Waals surface area contributed by atoms with Crippen molar-refractivity contribution in [2.45, 2.75) is 9.65 Å². The molecule has 2 aromatic carbocycles. The van der Waals surface area contributed by atoms with Crippen LogP contribution >= 0.6 is 31.9 Å². The molecule has 0 fully saturated rings. The maximum atomic E-state index is 5.18. The molecule has 0 unspecified atom stereocenters. The Hall–Kier alpha value is -1.00. The predicted octanol–water partition coefficient (Wildman–Crippen LogP) is 5.28. The first-order valence-electron chi connectivity index (χ1n) is 6.21. The lowest BCUT2D eigenvalue weighted by atomic mass is 10.0. The Morgan fingerprint density at radius 3 is 1.20 bits per heavy atom. The molecule has 0 heterocycles. The van der Waals surface area contributed by atoms with E-state index in [9.17, 15) is 0 Å². The zero-order valence-electron chi connectivity index (χ0n) is 11.3. The fourth-order valence-electron chi connectivity index (χ4n) is 1.91. The second-order valence-electron chi connectivity index (χ2n) is 4.35. The summed E-state index contributed by atoms with van der Waals surface area (Å²) in [6.07, 6.45) is 0. The largest absolute Gasteiger partial charge is 0.497 e. The predicted molar refractivity (Wildman–Crippen MR) is 89.3 cm³/mol. The van der Waals surface area contributed by atoms with Gasteiger partial charge < -0.3 is 9.47 Å². The smallest absolute Gasteiger partial charge is 0.118 e. The van der Waals surface area contributed by atoms with Crippen LogP contribution < -0.4 is 9.47 Å². The average Bonchev–Trinajstić information content (AvgIpc) is 2.53. The van der Waals surface area contributed by atoms with E-state index in [0.29, 0.717) is 0 Å². The lowest BCUT2D eigenvalue weighted by Gasteiger charge is -2.18. The molecule has 0 bridgehead atoms. The van der Waals surface area contributed by atoms with E-state index in [1.165, 1.54) is 11.1 Å². The number of ether oxygens (including phenoxy) is 2. The molecule has 2 aromatic rings. The van der Waals surface area contributed by atoms with Gasteiger partial charge in [0, 0.05) is 0 Å². The zero-order chi connectivity index (χ0) is 14.5. The van der Waals surface area contributed by atoms with E-state index < -0.39 is 0 Å². The Kier molecular flexibility index (Phi) is 5.49. The minimum Gasteiger partial charge on any atom is -0.497 e. The van der Waals surface area contributed by atoms with Crippen LogP contribution in [-0.2, 0) is 0 Å². The van der Waals surface area contributed by atoms with Crippen LogP contribution in [-0.4, -0.2) is 14.2 Å². The van der Waals surface area contributed by atoms with Crippen LogP contribution in [0.5, 0.6) is 11.5 Å². The number of halogens is 2. The van der Waals surface area contributed by atoms with Crippen LogP contribution in [0.1, 0.15) is 20.8 Å². The van der Waals surface area contributed by atoms with Gasteiger partial charge in [-0.1, -0.05) is 56.1 Å². The van der Waals surface area contributed by atoms with Gasteiger partial charge >= 0.3 is 0 Å². The second-order valence-corrected chi connectivity index (χ2v) is 6.32. The van der Waals surface area contributed by atoms with Gasteiger partial charge in [0.1, 0.15) is 11.5 Å². The van der Waals surface area contributed by atoms with E-state index in [1.807, 2.05) is 24.3 Å². The van der Waals surface area contributed by atoms with Gasteiger partial charge in [-0.3, -0.25) is 0 Å². The standard InChI is InChI=1S/C16H16Br2O2/c1-19-13-7-3-11(4-8-13)15(17)16(18)12-5-9-14(20-2)10-6-12/h3-10,15-16H,1-2H3/t15-,16+. The summed E-state index contributed by atoms with van der Waals surface area (Å²) in [5.41, 5.74) is 2.40. The minimum atomic E-state index is 0.182. The monoisotopic (exact) mass is 398 g/mol. The van der Waals surface area contributed by atoms with Gasteiger partial charge in [-0.25, -0.2) is 0 Å². The van der Waals surface area contributed by atoms with Gasteiger partial charge in [0.15, 0.2) is 0 Å². The molecule has 0 aliphatic heterocycles. The first-order chi connectivity index (χ1) is 9.65. The summed E-state index contributed by atoms with van der Waals surface area (Å²) in [6, 6.07) is 16.1. The van der Waals surface area contributed by atoms with Gasteiger partial charge in [0.2, 0.25) is 0 Å². The van der Waals surface area contributed by atoms with Crippen LogP contribution in [0, 0.1) is 0 Å². The fourth-order valence-corrected chi connectivity index (χ4v) is 3.13. The molecule has 2 nitrogen and oxygen atoms in total. The van der Waals surface area contributed by atoms with Crippen LogP contribution in [0.2, 0.25) is 0 Å². The molecule has 0 saturated carbocycles. The second kappa shape index (κ2) is 7.14. The molecule has 106 valence electrons. The summed E-state index contributed by atoms with van der Waals surface area (Å²) in [4.78, 5) is 0.364. The minimum absolute atomic E-state index is 0.182. The summed E-state index contributed by atoms with van der Waals surface area (Å²) in [5, 5.41) is 0. The van der Waals surface area contributed by atoms with Crippen molar-refractivity contribution < 1.29 is 9.47 Å². The van der Waals surface area contributed by atoms with Crippen molar-refractivity contribution in [1.29, 1.82) is 0 Å². The fraction of sp³-hybridized carbons (Fsp3) is 0.250. The van der Waals surface area contributed by atoms with Crippen molar-refractivity contribution in [2.75, 3.05) is 14.2 Å². The summed E-state index contributed by atoms with van der Waals surface area (Å²) in [6.45, 7) is 0. The van der Waals surface area contributed by atoms with Crippen molar-refractivity contribution in [3.05, 3.63) is 59.7 Å². The van der Waals surface area contributed by atoms with Crippen molar-refractivity contribution in [2.24, 2.45) is 0 Å². The van der Waals surface area contributed by atoms with E-state index in [1.54, 1.807) is 14.2 Å². The third-order valence-electron chi connectivity index (χ3n) is 3.13. The molecule has 0 spiro atoms. The van der Waals surface area contributed by atoms with Crippen molar-refractivity contribution >= 4 is 31.9 Å². The van der Waals surface area contributed by atoms with E-state index >= 15 is 0 Å². The van der Waals surface area contributed by atoms with E-state index in [4.69, 9.17) is 9.47 Å². The van der Waals surface area contributed by atoms with E-state index in [0.717, 1.165) is 11.5 Å². The topological polar surface area (TPSA) is 18.5 Å². The molecule has 4 heteroatoms. The summed E-state index contributed by atoms with van der Waals surface area (Å²) in [7, 11) is 3.34. The van der Waals surface area contributed by atoms with Gasteiger partial charge in [-0.05, 0) is 35.4 Å². The van der Waals surface area contributed by atoms with Crippen molar-refractivity contribution in [1.82, 2.24) is 0 Å². The molecule has 0 aromatic heterocycles. The highest BCUT2D eigenvalue weighted by atomic mass is 79.9. The molecule has 20 heavy (non-hydrogen) atoms. The van der Waals surface area contributed by atoms with E-state index in [2.05, 4.69) is 56.1 Å². The van der Waals surface area contributed by atoms with Crippen LogP contribution in [0.3, 0.4) is 0 Å². The Bertz CT molecular complexity index is 486. The quantitative estimate of drug-likeness (QED) is 0.637. The van der Waals surface area contributed by atoms with Gasteiger partial charge in [-0.2, -0.15) is 0 Å². The number of benzene rings is 2. The SMILES string of the molecule is COc1ccc([C@@H](Br)[C@@H](Br)c2ccc(OC)cc2)cc1. The highest BCUT2D eigenvalue weighted by Crippen LogP contribution is 2.42. The average molecular weight is 400 g/mol. The number of methoxy groups -OCH3 is 2. The Morgan fingerprint density at radius 1 is 0.650 bits per heavy atom. The summed E-state index contributed by atoms with van der Waals surface area (Å²) >= 11 is 7.50. The molecule has 0 N–H and O–H groups in total. The third kappa shape index (κ3) is 3.55. The molecule has 0 amide bonds. The Labute approximate surface area is 136 Å². The highest BCUT2D eigenvalue weighted by Gasteiger charge is 2.19. The summed E-state index contributed by atoms with van der Waals surface area (Å²) in [5.74, 6) is 1.73. The molecule has 2 rings (SSSR count). The molecule has 0 saturated heterocycles. The maximum Gasteiger partial charge on any atom is 0.118 e. The number of hydrogen-bond donors (Lipinski definition) is 0.